The van der Waals surface area contributed by atoms with Crippen LogP contribution >= 0.6 is 22.9 Å². The third-order valence-electron chi connectivity index (χ3n) is 2.48. The van der Waals surface area contributed by atoms with Gasteiger partial charge in [-0.25, -0.2) is 0 Å². The van der Waals surface area contributed by atoms with Crippen molar-refractivity contribution in [3.63, 3.8) is 0 Å². The standard InChI is InChI=1S/C12H12BClO4S/c1-17-9-2-3-11(14)12(5-9)18-6-10-4-8(7-19-10)13(15)16/h2-5,7,15-16H,6H2,1H3. The van der Waals surface area contributed by atoms with Gasteiger partial charge in [0, 0.05) is 10.9 Å². The summed E-state index contributed by atoms with van der Waals surface area (Å²) in [6.45, 7) is 0.310. The molecule has 7 heteroatoms. The van der Waals surface area contributed by atoms with Crippen LogP contribution in [0, 0.1) is 0 Å². The van der Waals surface area contributed by atoms with E-state index in [4.69, 9.17) is 31.1 Å². The van der Waals surface area contributed by atoms with Crippen LogP contribution < -0.4 is 14.9 Å². The van der Waals surface area contributed by atoms with E-state index in [0.717, 1.165) is 4.88 Å². The number of methoxy groups -OCH3 is 1. The van der Waals surface area contributed by atoms with Crippen molar-refractivity contribution in [1.29, 1.82) is 0 Å². The Labute approximate surface area is 120 Å². The number of ether oxygens (including phenoxy) is 2. The molecule has 0 bridgehead atoms. The summed E-state index contributed by atoms with van der Waals surface area (Å²) in [7, 11) is 0.117. The van der Waals surface area contributed by atoms with Gasteiger partial charge in [0.1, 0.15) is 18.1 Å². The molecule has 1 aromatic carbocycles. The van der Waals surface area contributed by atoms with Crippen molar-refractivity contribution in [2.24, 2.45) is 0 Å². The highest BCUT2D eigenvalue weighted by molar-refractivity contribution is 7.11. The van der Waals surface area contributed by atoms with Crippen LogP contribution in [0.4, 0.5) is 0 Å². The second-order valence-corrected chi connectivity index (χ2v) is 5.21. The van der Waals surface area contributed by atoms with Crippen LogP contribution in [0.5, 0.6) is 11.5 Å². The minimum atomic E-state index is -1.45. The molecule has 19 heavy (non-hydrogen) atoms. The van der Waals surface area contributed by atoms with Gasteiger partial charge in [-0.3, -0.25) is 0 Å². The molecule has 1 aromatic heterocycles. The van der Waals surface area contributed by atoms with E-state index in [9.17, 15) is 0 Å². The van der Waals surface area contributed by atoms with E-state index >= 15 is 0 Å². The maximum atomic E-state index is 9.02. The second-order valence-electron chi connectivity index (χ2n) is 3.81. The van der Waals surface area contributed by atoms with E-state index in [1.807, 2.05) is 0 Å². The average Bonchev–Trinajstić information content (AvgIpc) is 2.87. The molecule has 1 heterocycles. The van der Waals surface area contributed by atoms with Gasteiger partial charge in [-0.2, -0.15) is 0 Å². The molecule has 0 radical (unpaired) electrons. The predicted octanol–water partition coefficient (Wildman–Crippen LogP) is 1.67. The van der Waals surface area contributed by atoms with Gasteiger partial charge in [-0.15, -0.1) is 11.3 Å². The van der Waals surface area contributed by atoms with E-state index < -0.39 is 7.12 Å². The number of rotatable bonds is 5. The van der Waals surface area contributed by atoms with Gasteiger partial charge < -0.3 is 19.5 Å². The molecule has 0 saturated carbocycles. The highest BCUT2D eigenvalue weighted by Gasteiger charge is 2.13. The Morgan fingerprint density at radius 2 is 2.11 bits per heavy atom. The summed E-state index contributed by atoms with van der Waals surface area (Å²) in [5, 5.41) is 20.2. The molecule has 2 N–H and O–H groups in total. The molecular formula is C12H12BClO4S. The Morgan fingerprint density at radius 1 is 1.32 bits per heavy atom. The first-order chi connectivity index (χ1) is 9.10. The van der Waals surface area contributed by atoms with Gasteiger partial charge in [0.15, 0.2) is 0 Å². The quantitative estimate of drug-likeness (QED) is 0.825. The molecule has 2 rings (SSSR count). The van der Waals surface area contributed by atoms with Gasteiger partial charge in [-0.1, -0.05) is 11.6 Å². The van der Waals surface area contributed by atoms with Gasteiger partial charge in [0.05, 0.1) is 12.1 Å². The Balaban J connectivity index is 2.05. The molecule has 2 aromatic rings. The average molecular weight is 299 g/mol. The molecule has 0 atom stereocenters. The molecule has 0 aliphatic carbocycles. The summed E-state index contributed by atoms with van der Waals surface area (Å²) in [5.41, 5.74) is 0.459. The molecular weight excluding hydrogens is 286 g/mol. The molecule has 0 aliphatic rings. The topological polar surface area (TPSA) is 58.9 Å². The van der Waals surface area contributed by atoms with Crippen LogP contribution in [0.1, 0.15) is 4.88 Å². The third kappa shape index (κ3) is 3.64. The predicted molar refractivity (Wildman–Crippen MR) is 76.5 cm³/mol. The molecule has 0 amide bonds. The van der Waals surface area contributed by atoms with E-state index in [1.165, 1.54) is 11.3 Å². The fraction of sp³-hybridized carbons (Fsp3) is 0.167. The lowest BCUT2D eigenvalue weighted by molar-refractivity contribution is 0.307. The van der Waals surface area contributed by atoms with Crippen molar-refractivity contribution in [2.75, 3.05) is 7.11 Å². The molecule has 0 saturated heterocycles. The molecule has 0 aliphatic heterocycles. The fourth-order valence-electron chi connectivity index (χ4n) is 1.48. The van der Waals surface area contributed by atoms with Gasteiger partial charge >= 0.3 is 7.12 Å². The first-order valence-corrected chi connectivity index (χ1v) is 6.75. The lowest BCUT2D eigenvalue weighted by Crippen LogP contribution is -2.27. The number of benzene rings is 1. The van der Waals surface area contributed by atoms with Crippen LogP contribution in [0.2, 0.25) is 5.02 Å². The minimum Gasteiger partial charge on any atom is -0.497 e. The molecule has 4 nitrogen and oxygen atoms in total. The van der Waals surface area contributed by atoms with E-state index in [0.29, 0.717) is 28.6 Å². The number of thiophene rings is 1. The van der Waals surface area contributed by atoms with Crippen LogP contribution in [0.3, 0.4) is 0 Å². The van der Waals surface area contributed by atoms with Crippen LogP contribution in [0.15, 0.2) is 29.6 Å². The van der Waals surface area contributed by atoms with Crippen LogP contribution in [-0.2, 0) is 6.61 Å². The van der Waals surface area contributed by atoms with Crippen molar-refractivity contribution < 1.29 is 19.5 Å². The first-order valence-electron chi connectivity index (χ1n) is 5.50. The second kappa shape index (κ2) is 6.30. The third-order valence-corrected chi connectivity index (χ3v) is 3.72. The Hall–Kier alpha value is -1.21. The molecule has 0 unspecified atom stereocenters. The zero-order chi connectivity index (χ0) is 13.8. The van der Waals surface area contributed by atoms with Crippen molar-refractivity contribution >= 4 is 35.5 Å². The maximum absolute atomic E-state index is 9.02. The number of hydrogen-bond donors (Lipinski definition) is 2. The largest absolute Gasteiger partial charge is 0.497 e. The molecule has 0 fully saturated rings. The van der Waals surface area contributed by atoms with E-state index in [2.05, 4.69) is 0 Å². The van der Waals surface area contributed by atoms with Crippen LogP contribution in [-0.4, -0.2) is 24.3 Å². The minimum absolute atomic E-state index is 0.310. The highest BCUT2D eigenvalue weighted by Crippen LogP contribution is 2.29. The fourth-order valence-corrected chi connectivity index (χ4v) is 2.46. The lowest BCUT2D eigenvalue weighted by atomic mass is 9.83. The maximum Gasteiger partial charge on any atom is 0.489 e. The Morgan fingerprint density at radius 3 is 2.74 bits per heavy atom. The van der Waals surface area contributed by atoms with Crippen molar-refractivity contribution in [2.45, 2.75) is 6.61 Å². The van der Waals surface area contributed by atoms with E-state index in [-0.39, 0.29) is 0 Å². The van der Waals surface area contributed by atoms with Crippen molar-refractivity contribution in [3.05, 3.63) is 39.5 Å². The summed E-state index contributed by atoms with van der Waals surface area (Å²) in [5.74, 6) is 1.19. The van der Waals surface area contributed by atoms with Crippen molar-refractivity contribution in [1.82, 2.24) is 0 Å². The monoisotopic (exact) mass is 298 g/mol. The number of hydrogen-bond acceptors (Lipinski definition) is 5. The summed E-state index contributed by atoms with van der Waals surface area (Å²) in [4.78, 5) is 0.877. The molecule has 0 spiro atoms. The summed E-state index contributed by atoms with van der Waals surface area (Å²) in [6, 6.07) is 6.84. The van der Waals surface area contributed by atoms with Crippen LogP contribution in [0.25, 0.3) is 0 Å². The summed E-state index contributed by atoms with van der Waals surface area (Å²) in [6.07, 6.45) is 0. The van der Waals surface area contributed by atoms with E-state index in [1.54, 1.807) is 36.8 Å². The summed E-state index contributed by atoms with van der Waals surface area (Å²) >= 11 is 7.41. The normalized spacial score (nSPS) is 10.3. The van der Waals surface area contributed by atoms with Gasteiger partial charge in [0.2, 0.25) is 0 Å². The van der Waals surface area contributed by atoms with Gasteiger partial charge in [0.25, 0.3) is 0 Å². The SMILES string of the molecule is COc1ccc(Cl)c(OCc2cc(B(O)O)cs2)c1. The Kier molecular flexibility index (Phi) is 4.71. The smallest absolute Gasteiger partial charge is 0.489 e. The Bertz CT molecular complexity index is 558. The van der Waals surface area contributed by atoms with Crippen molar-refractivity contribution in [3.8, 4) is 11.5 Å². The number of halogens is 1. The molecule has 100 valence electrons. The lowest BCUT2D eigenvalue weighted by Gasteiger charge is -2.08. The zero-order valence-corrected chi connectivity index (χ0v) is 11.7. The zero-order valence-electron chi connectivity index (χ0n) is 10.2. The summed E-state index contributed by atoms with van der Waals surface area (Å²) < 4.78 is 10.7. The first kappa shape index (κ1) is 14.2. The van der Waals surface area contributed by atoms with Gasteiger partial charge in [-0.05, 0) is 29.0 Å². The highest BCUT2D eigenvalue weighted by atomic mass is 35.5.